The first-order valence-electron chi connectivity index (χ1n) is 8.32. The van der Waals surface area contributed by atoms with E-state index in [1.54, 1.807) is 0 Å². The summed E-state index contributed by atoms with van der Waals surface area (Å²) in [5, 5.41) is 18.9. The molecule has 20 heavy (non-hydrogen) atoms. The Bertz CT molecular complexity index is 278. The lowest BCUT2D eigenvalue weighted by molar-refractivity contribution is -0.139. The number of carboxylic acids is 1. The summed E-state index contributed by atoms with van der Waals surface area (Å²) in [6.45, 7) is 0.543. The van der Waals surface area contributed by atoms with Crippen LogP contribution < -0.4 is 0 Å². The molecular formula is C16H29NO3. The van der Waals surface area contributed by atoms with E-state index in [9.17, 15) is 9.90 Å². The third-order valence-corrected chi connectivity index (χ3v) is 4.92. The maximum atomic E-state index is 10.8. The van der Waals surface area contributed by atoms with E-state index >= 15 is 0 Å². The first-order chi connectivity index (χ1) is 9.66. The second kappa shape index (κ2) is 7.99. The van der Waals surface area contributed by atoms with Crippen molar-refractivity contribution in [2.24, 2.45) is 0 Å². The molecule has 0 spiro atoms. The van der Waals surface area contributed by atoms with Gasteiger partial charge in [-0.3, -0.25) is 9.69 Å². The monoisotopic (exact) mass is 283 g/mol. The van der Waals surface area contributed by atoms with Crippen molar-refractivity contribution in [2.75, 3.05) is 6.54 Å². The molecule has 4 heteroatoms. The lowest BCUT2D eigenvalue weighted by Crippen LogP contribution is -2.48. The van der Waals surface area contributed by atoms with Gasteiger partial charge in [-0.25, -0.2) is 0 Å². The molecular weight excluding hydrogens is 254 g/mol. The Morgan fingerprint density at radius 3 is 1.80 bits per heavy atom. The Morgan fingerprint density at radius 2 is 1.40 bits per heavy atom. The van der Waals surface area contributed by atoms with Crippen LogP contribution in [0, 0.1) is 0 Å². The number of hydrogen-bond donors (Lipinski definition) is 2. The van der Waals surface area contributed by atoms with Crippen LogP contribution in [0.2, 0.25) is 0 Å². The highest BCUT2D eigenvalue weighted by molar-refractivity contribution is 5.67. The van der Waals surface area contributed by atoms with E-state index < -0.39 is 12.1 Å². The van der Waals surface area contributed by atoms with Crippen molar-refractivity contribution in [3.8, 4) is 0 Å². The van der Waals surface area contributed by atoms with Crippen molar-refractivity contribution in [1.82, 2.24) is 4.90 Å². The zero-order valence-corrected chi connectivity index (χ0v) is 12.5. The number of aliphatic carboxylic acids is 1. The molecule has 0 amide bonds. The Morgan fingerprint density at radius 1 is 0.950 bits per heavy atom. The molecule has 2 aliphatic carbocycles. The Balaban J connectivity index is 1.96. The molecule has 1 unspecified atom stereocenters. The van der Waals surface area contributed by atoms with Crippen molar-refractivity contribution in [3.63, 3.8) is 0 Å². The molecule has 1 atom stereocenters. The molecule has 0 saturated heterocycles. The number of aliphatic hydroxyl groups excluding tert-OH is 1. The van der Waals surface area contributed by atoms with Crippen LogP contribution >= 0.6 is 0 Å². The number of carboxylic acid groups (broad SMARTS) is 1. The average molecular weight is 283 g/mol. The molecule has 2 fully saturated rings. The SMILES string of the molecule is O=C(O)CC(O)CN(C1CCCCC1)C1CCCCC1. The molecule has 2 N–H and O–H groups in total. The van der Waals surface area contributed by atoms with E-state index in [1.165, 1.54) is 64.2 Å². The van der Waals surface area contributed by atoms with Gasteiger partial charge in [-0.1, -0.05) is 38.5 Å². The van der Waals surface area contributed by atoms with Crippen LogP contribution in [0.4, 0.5) is 0 Å². The molecule has 0 heterocycles. The normalized spacial score (nSPS) is 23.9. The van der Waals surface area contributed by atoms with Crippen LogP contribution in [0.5, 0.6) is 0 Å². The van der Waals surface area contributed by atoms with Crippen LogP contribution in [-0.4, -0.2) is 45.8 Å². The fourth-order valence-corrected chi connectivity index (χ4v) is 3.93. The van der Waals surface area contributed by atoms with Gasteiger partial charge >= 0.3 is 5.97 Å². The topological polar surface area (TPSA) is 60.8 Å². The summed E-state index contributed by atoms with van der Waals surface area (Å²) in [6, 6.07) is 1.13. The number of aliphatic hydroxyl groups is 1. The smallest absolute Gasteiger partial charge is 0.306 e. The highest BCUT2D eigenvalue weighted by atomic mass is 16.4. The largest absolute Gasteiger partial charge is 0.481 e. The van der Waals surface area contributed by atoms with Gasteiger partial charge in [0.15, 0.2) is 0 Å². The third-order valence-electron chi connectivity index (χ3n) is 4.92. The Kier molecular flexibility index (Phi) is 6.30. The molecule has 0 aromatic heterocycles. The van der Waals surface area contributed by atoms with E-state index in [4.69, 9.17) is 5.11 Å². The van der Waals surface area contributed by atoms with E-state index in [0.717, 1.165) is 0 Å². The van der Waals surface area contributed by atoms with Crippen LogP contribution in [-0.2, 0) is 4.79 Å². The molecule has 116 valence electrons. The molecule has 0 aromatic rings. The molecule has 0 radical (unpaired) electrons. The maximum absolute atomic E-state index is 10.8. The molecule has 0 aliphatic heterocycles. The fourth-order valence-electron chi connectivity index (χ4n) is 3.93. The second-order valence-electron chi connectivity index (χ2n) is 6.53. The summed E-state index contributed by atoms with van der Waals surface area (Å²) in [5.74, 6) is -0.898. The van der Waals surface area contributed by atoms with Gasteiger partial charge in [0.05, 0.1) is 12.5 Å². The van der Waals surface area contributed by atoms with Crippen molar-refractivity contribution in [1.29, 1.82) is 0 Å². The van der Waals surface area contributed by atoms with Gasteiger partial charge in [-0.15, -0.1) is 0 Å². The average Bonchev–Trinajstić information content (AvgIpc) is 2.46. The second-order valence-corrected chi connectivity index (χ2v) is 6.53. The summed E-state index contributed by atoms with van der Waals surface area (Å²) < 4.78 is 0. The van der Waals surface area contributed by atoms with Crippen LogP contribution in [0.3, 0.4) is 0 Å². The van der Waals surface area contributed by atoms with Crippen molar-refractivity contribution in [3.05, 3.63) is 0 Å². The van der Waals surface area contributed by atoms with Gasteiger partial charge in [-0.2, -0.15) is 0 Å². The Labute approximate surface area is 122 Å². The fraction of sp³-hybridized carbons (Fsp3) is 0.938. The zero-order chi connectivity index (χ0) is 14.4. The summed E-state index contributed by atoms with van der Waals surface area (Å²) in [4.78, 5) is 13.2. The highest BCUT2D eigenvalue weighted by Crippen LogP contribution is 2.30. The number of carbonyl (C=O) groups is 1. The van der Waals surface area contributed by atoms with E-state index in [2.05, 4.69) is 4.90 Å². The van der Waals surface area contributed by atoms with Gasteiger partial charge in [-0.05, 0) is 25.7 Å². The lowest BCUT2D eigenvalue weighted by atomic mass is 9.88. The predicted molar refractivity (Wildman–Crippen MR) is 78.7 cm³/mol. The zero-order valence-electron chi connectivity index (χ0n) is 12.5. The molecule has 0 aromatic carbocycles. The molecule has 2 aliphatic rings. The first-order valence-corrected chi connectivity index (χ1v) is 8.32. The standard InChI is InChI=1S/C16H29NO3/c18-15(11-16(19)20)12-17(13-7-3-1-4-8-13)14-9-5-2-6-10-14/h13-15,18H,1-12H2,(H,19,20). The lowest BCUT2D eigenvalue weighted by Gasteiger charge is -2.42. The van der Waals surface area contributed by atoms with Gasteiger partial charge in [0.25, 0.3) is 0 Å². The summed E-state index contributed by atoms with van der Waals surface area (Å²) in [5.41, 5.74) is 0. The Hall–Kier alpha value is -0.610. The van der Waals surface area contributed by atoms with Crippen LogP contribution in [0.1, 0.15) is 70.6 Å². The number of hydrogen-bond acceptors (Lipinski definition) is 3. The van der Waals surface area contributed by atoms with Crippen molar-refractivity contribution in [2.45, 2.75) is 88.8 Å². The highest BCUT2D eigenvalue weighted by Gasteiger charge is 2.30. The molecule has 2 rings (SSSR count). The first kappa shape index (κ1) is 15.8. The summed E-state index contributed by atoms with van der Waals surface area (Å²) in [7, 11) is 0. The van der Waals surface area contributed by atoms with E-state index in [-0.39, 0.29) is 6.42 Å². The summed E-state index contributed by atoms with van der Waals surface area (Å²) >= 11 is 0. The van der Waals surface area contributed by atoms with Gasteiger partial charge in [0, 0.05) is 18.6 Å². The quantitative estimate of drug-likeness (QED) is 0.787. The molecule has 2 saturated carbocycles. The van der Waals surface area contributed by atoms with Crippen LogP contribution in [0.15, 0.2) is 0 Å². The molecule has 0 bridgehead atoms. The van der Waals surface area contributed by atoms with Gasteiger partial charge in [0.2, 0.25) is 0 Å². The minimum absolute atomic E-state index is 0.129. The van der Waals surface area contributed by atoms with Gasteiger partial charge < -0.3 is 10.2 Å². The van der Waals surface area contributed by atoms with Crippen molar-refractivity contribution >= 4 is 5.97 Å². The van der Waals surface area contributed by atoms with Crippen molar-refractivity contribution < 1.29 is 15.0 Å². The van der Waals surface area contributed by atoms with Crippen LogP contribution in [0.25, 0.3) is 0 Å². The minimum Gasteiger partial charge on any atom is -0.481 e. The van der Waals surface area contributed by atoms with E-state index in [1.807, 2.05) is 0 Å². The predicted octanol–water partition coefficient (Wildman–Crippen LogP) is 2.79. The maximum Gasteiger partial charge on any atom is 0.306 e. The third kappa shape index (κ3) is 4.74. The number of rotatable bonds is 6. The molecule has 4 nitrogen and oxygen atoms in total. The minimum atomic E-state index is -0.898. The number of nitrogens with zero attached hydrogens (tertiary/aromatic N) is 1. The van der Waals surface area contributed by atoms with E-state index in [0.29, 0.717) is 18.6 Å². The summed E-state index contributed by atoms with van der Waals surface area (Å²) in [6.07, 6.45) is 11.8. The van der Waals surface area contributed by atoms with Gasteiger partial charge in [0.1, 0.15) is 0 Å².